The molecule has 16 heavy (non-hydrogen) atoms. The zero-order chi connectivity index (χ0) is 11.2. The molecule has 0 bridgehead atoms. The fraction of sp³-hybridized carbons (Fsp3) is 0.143. The summed E-state index contributed by atoms with van der Waals surface area (Å²) in [4.78, 5) is 0. The predicted octanol–water partition coefficient (Wildman–Crippen LogP) is 2.36. The monoisotopic (exact) mass is 211 g/mol. The van der Waals surface area contributed by atoms with Crippen molar-refractivity contribution in [1.82, 2.24) is 0 Å². The maximum Gasteiger partial charge on any atom is 0.143 e. The number of hydrogen-bond donors (Lipinski definition) is 2. The Kier molecular flexibility index (Phi) is 1.90. The van der Waals surface area contributed by atoms with Crippen LogP contribution in [0.1, 0.15) is 17.5 Å². The molecule has 80 valence electrons. The van der Waals surface area contributed by atoms with Gasteiger partial charge in [-0.25, -0.2) is 0 Å². The van der Waals surface area contributed by atoms with Crippen molar-refractivity contribution >= 4 is 16.8 Å². The van der Waals surface area contributed by atoms with E-state index in [0.717, 1.165) is 16.5 Å². The molecule has 3 N–H and O–H groups in total. The lowest BCUT2D eigenvalue weighted by Gasteiger charge is -2.28. The third kappa shape index (κ3) is 1.28. The van der Waals surface area contributed by atoms with E-state index in [4.69, 9.17) is 5.73 Å². The van der Waals surface area contributed by atoms with Gasteiger partial charge in [-0.1, -0.05) is 48.6 Å². The minimum absolute atomic E-state index is 0.471. The van der Waals surface area contributed by atoms with Gasteiger partial charge >= 0.3 is 0 Å². The Bertz CT molecular complexity index is 584. The SMILES string of the molecule is NC1(O)CC=Cc2c1ccc1ccccc21. The largest absolute Gasteiger partial charge is 0.371 e. The highest BCUT2D eigenvalue weighted by Gasteiger charge is 2.28. The number of nitrogens with two attached hydrogens (primary N) is 1. The van der Waals surface area contributed by atoms with Crippen LogP contribution in [0, 0.1) is 0 Å². The molecule has 1 unspecified atom stereocenters. The summed E-state index contributed by atoms with van der Waals surface area (Å²) in [6.07, 6.45) is 4.44. The number of hydrogen-bond acceptors (Lipinski definition) is 2. The van der Waals surface area contributed by atoms with Gasteiger partial charge in [0, 0.05) is 12.0 Å². The van der Waals surface area contributed by atoms with Gasteiger partial charge in [0.05, 0.1) is 0 Å². The van der Waals surface area contributed by atoms with Crippen LogP contribution in [-0.4, -0.2) is 5.11 Å². The standard InChI is InChI=1S/C14H13NO/c15-14(16)9-3-6-12-11-5-2-1-4-10(11)7-8-13(12)14/h1-8,16H,9,15H2. The maximum atomic E-state index is 10.1. The number of benzene rings is 2. The second-order valence-electron chi connectivity index (χ2n) is 4.28. The molecule has 1 aliphatic carbocycles. The minimum Gasteiger partial charge on any atom is -0.371 e. The molecule has 3 rings (SSSR count). The fourth-order valence-electron chi connectivity index (χ4n) is 2.32. The summed E-state index contributed by atoms with van der Waals surface area (Å²) in [5, 5.41) is 12.4. The first-order chi connectivity index (χ1) is 7.68. The second kappa shape index (κ2) is 3.17. The molecule has 1 atom stereocenters. The van der Waals surface area contributed by atoms with Crippen LogP contribution >= 0.6 is 0 Å². The maximum absolute atomic E-state index is 10.1. The average molecular weight is 211 g/mol. The Morgan fingerprint density at radius 3 is 2.81 bits per heavy atom. The molecule has 0 saturated heterocycles. The summed E-state index contributed by atoms with van der Waals surface area (Å²) in [6.45, 7) is 0. The van der Waals surface area contributed by atoms with Gasteiger partial charge in [-0.05, 0) is 16.3 Å². The topological polar surface area (TPSA) is 46.2 Å². The molecule has 2 aromatic carbocycles. The molecule has 0 aliphatic heterocycles. The summed E-state index contributed by atoms with van der Waals surface area (Å²) in [6, 6.07) is 12.1. The molecule has 2 heteroatoms. The molecular weight excluding hydrogens is 198 g/mol. The van der Waals surface area contributed by atoms with Crippen molar-refractivity contribution in [1.29, 1.82) is 0 Å². The number of rotatable bonds is 0. The first kappa shape index (κ1) is 9.58. The van der Waals surface area contributed by atoms with Crippen molar-refractivity contribution in [2.45, 2.75) is 12.1 Å². The van der Waals surface area contributed by atoms with Crippen molar-refractivity contribution in [3.8, 4) is 0 Å². The van der Waals surface area contributed by atoms with Crippen molar-refractivity contribution in [3.05, 3.63) is 53.6 Å². The van der Waals surface area contributed by atoms with Gasteiger partial charge in [0.25, 0.3) is 0 Å². The number of aliphatic hydroxyl groups is 1. The van der Waals surface area contributed by atoms with Gasteiger partial charge in [0.1, 0.15) is 5.72 Å². The summed E-state index contributed by atoms with van der Waals surface area (Å²) in [5.41, 5.74) is 6.51. The van der Waals surface area contributed by atoms with E-state index in [1.54, 1.807) is 0 Å². The third-order valence-electron chi connectivity index (χ3n) is 3.15. The second-order valence-corrected chi connectivity index (χ2v) is 4.28. The van der Waals surface area contributed by atoms with Gasteiger partial charge in [0.15, 0.2) is 0 Å². The molecule has 0 amide bonds. The van der Waals surface area contributed by atoms with Crippen molar-refractivity contribution < 1.29 is 5.11 Å². The summed E-state index contributed by atoms with van der Waals surface area (Å²) < 4.78 is 0. The summed E-state index contributed by atoms with van der Waals surface area (Å²) in [5.74, 6) is 0. The summed E-state index contributed by atoms with van der Waals surface area (Å²) in [7, 11) is 0. The molecule has 0 spiro atoms. The van der Waals surface area contributed by atoms with E-state index in [9.17, 15) is 5.11 Å². The van der Waals surface area contributed by atoms with Crippen LogP contribution in [0.25, 0.3) is 16.8 Å². The van der Waals surface area contributed by atoms with Gasteiger partial charge in [-0.15, -0.1) is 0 Å². The van der Waals surface area contributed by atoms with E-state index >= 15 is 0 Å². The zero-order valence-corrected chi connectivity index (χ0v) is 8.85. The quantitative estimate of drug-likeness (QED) is 0.657. The van der Waals surface area contributed by atoms with E-state index in [1.165, 1.54) is 5.39 Å². The first-order valence-electron chi connectivity index (χ1n) is 5.38. The third-order valence-corrected chi connectivity index (χ3v) is 3.15. The molecular formula is C14H13NO. The smallest absolute Gasteiger partial charge is 0.143 e. The van der Waals surface area contributed by atoms with Crippen LogP contribution in [0.15, 0.2) is 42.5 Å². The Hall–Kier alpha value is -1.64. The van der Waals surface area contributed by atoms with E-state index < -0.39 is 5.72 Å². The van der Waals surface area contributed by atoms with E-state index in [0.29, 0.717) is 6.42 Å². The van der Waals surface area contributed by atoms with Crippen molar-refractivity contribution in [2.75, 3.05) is 0 Å². The van der Waals surface area contributed by atoms with Gasteiger partial charge < -0.3 is 5.11 Å². The highest BCUT2D eigenvalue weighted by Crippen LogP contribution is 2.34. The van der Waals surface area contributed by atoms with E-state index in [2.05, 4.69) is 12.1 Å². The molecule has 0 heterocycles. The molecule has 2 nitrogen and oxygen atoms in total. The van der Waals surface area contributed by atoms with Crippen LogP contribution in [0.5, 0.6) is 0 Å². The Morgan fingerprint density at radius 2 is 1.94 bits per heavy atom. The summed E-state index contributed by atoms with van der Waals surface area (Å²) >= 11 is 0. The Morgan fingerprint density at radius 1 is 1.12 bits per heavy atom. The van der Waals surface area contributed by atoms with Crippen LogP contribution in [-0.2, 0) is 5.72 Å². The molecule has 0 aromatic heterocycles. The fourth-order valence-corrected chi connectivity index (χ4v) is 2.32. The van der Waals surface area contributed by atoms with Crippen LogP contribution in [0.4, 0.5) is 0 Å². The lowest BCUT2D eigenvalue weighted by atomic mass is 9.87. The predicted molar refractivity (Wildman–Crippen MR) is 65.7 cm³/mol. The normalized spacial score (nSPS) is 23.4. The lowest BCUT2D eigenvalue weighted by molar-refractivity contribution is 0.0457. The van der Waals surface area contributed by atoms with Gasteiger partial charge in [0.2, 0.25) is 0 Å². The first-order valence-corrected chi connectivity index (χ1v) is 5.38. The van der Waals surface area contributed by atoms with Crippen molar-refractivity contribution in [3.63, 3.8) is 0 Å². The molecule has 0 fully saturated rings. The van der Waals surface area contributed by atoms with Crippen LogP contribution in [0.3, 0.4) is 0 Å². The van der Waals surface area contributed by atoms with E-state index in [1.807, 2.05) is 36.4 Å². The van der Waals surface area contributed by atoms with Gasteiger partial charge in [-0.3, -0.25) is 5.73 Å². The Labute approximate surface area is 94.0 Å². The molecule has 0 saturated carbocycles. The van der Waals surface area contributed by atoms with Crippen LogP contribution in [0.2, 0.25) is 0 Å². The average Bonchev–Trinajstić information content (AvgIpc) is 2.28. The van der Waals surface area contributed by atoms with Crippen LogP contribution < -0.4 is 5.73 Å². The minimum atomic E-state index is -1.23. The highest BCUT2D eigenvalue weighted by atomic mass is 16.3. The molecule has 1 aliphatic rings. The highest BCUT2D eigenvalue weighted by molar-refractivity contribution is 5.92. The molecule has 2 aromatic rings. The zero-order valence-electron chi connectivity index (χ0n) is 8.85. The Balaban J connectivity index is 2.40. The number of fused-ring (bicyclic) bond motifs is 3. The van der Waals surface area contributed by atoms with E-state index in [-0.39, 0.29) is 0 Å². The molecule has 0 radical (unpaired) electrons. The van der Waals surface area contributed by atoms with Gasteiger partial charge in [-0.2, -0.15) is 0 Å². The lowest BCUT2D eigenvalue weighted by Crippen LogP contribution is -2.37. The van der Waals surface area contributed by atoms with Crippen molar-refractivity contribution in [2.24, 2.45) is 5.73 Å².